The van der Waals surface area contributed by atoms with Crippen molar-refractivity contribution in [3.8, 4) is 10.4 Å². The van der Waals surface area contributed by atoms with E-state index in [1.807, 2.05) is 44.3 Å². The average molecular weight is 438 g/mol. The van der Waals surface area contributed by atoms with Gasteiger partial charge in [-0.2, -0.15) is 0 Å². The molecule has 0 saturated heterocycles. The Morgan fingerprint density at radius 2 is 1.67 bits per heavy atom. The topological polar surface area (TPSA) is 63.2 Å². The molecule has 30 heavy (non-hydrogen) atoms. The first-order valence-corrected chi connectivity index (χ1v) is 12.3. The second-order valence-electron chi connectivity index (χ2n) is 7.42. The largest absolute Gasteiger partial charge is 0.352 e. The predicted octanol–water partition coefficient (Wildman–Crippen LogP) is 5.27. The molecule has 2 aromatic carbocycles. The average Bonchev–Trinajstić information content (AvgIpc) is 3.16. The van der Waals surface area contributed by atoms with E-state index in [-0.39, 0.29) is 6.04 Å². The van der Waals surface area contributed by atoms with Gasteiger partial charge in [-0.1, -0.05) is 42.5 Å². The highest BCUT2D eigenvalue weighted by Gasteiger charge is 2.20. The Kier molecular flexibility index (Phi) is 5.34. The number of nitrogens with zero attached hydrogens (tertiary/aromatic N) is 3. The van der Waals surface area contributed by atoms with Gasteiger partial charge in [0.15, 0.2) is 9.84 Å². The summed E-state index contributed by atoms with van der Waals surface area (Å²) in [5, 5.41) is 1.02. The van der Waals surface area contributed by atoms with Crippen molar-refractivity contribution < 1.29 is 8.42 Å². The molecule has 1 atom stereocenters. The normalized spacial score (nSPS) is 12.8. The van der Waals surface area contributed by atoms with Crippen LogP contribution in [-0.2, 0) is 9.84 Å². The minimum Gasteiger partial charge on any atom is -0.352 e. The molecule has 0 saturated carbocycles. The van der Waals surface area contributed by atoms with Gasteiger partial charge < -0.3 is 4.90 Å². The molecule has 4 rings (SSSR count). The maximum atomic E-state index is 11.7. The molecule has 0 N–H and O–H groups in total. The fourth-order valence-corrected chi connectivity index (χ4v) is 5.13. The molecule has 7 heteroatoms. The fraction of sp³-hybridized carbons (Fsp3) is 0.217. The van der Waals surface area contributed by atoms with Crippen LogP contribution in [-0.4, -0.2) is 31.7 Å². The van der Waals surface area contributed by atoms with Crippen molar-refractivity contribution >= 4 is 37.2 Å². The van der Waals surface area contributed by atoms with Crippen molar-refractivity contribution in [1.29, 1.82) is 0 Å². The Bertz CT molecular complexity index is 1300. The molecule has 4 aromatic rings. The summed E-state index contributed by atoms with van der Waals surface area (Å²) in [7, 11) is -1.20. The smallest absolute Gasteiger partial charge is 0.175 e. The van der Waals surface area contributed by atoms with E-state index in [1.165, 1.54) is 6.26 Å². The lowest BCUT2D eigenvalue weighted by molar-refractivity contribution is 0.601. The highest BCUT2D eigenvalue weighted by Crippen LogP contribution is 2.38. The summed E-state index contributed by atoms with van der Waals surface area (Å²) in [6.07, 6.45) is 1.22. The number of fused-ring (bicyclic) bond motifs is 1. The lowest BCUT2D eigenvalue weighted by Crippen LogP contribution is -2.23. The van der Waals surface area contributed by atoms with Crippen molar-refractivity contribution in [3.63, 3.8) is 0 Å². The molecule has 0 spiro atoms. The van der Waals surface area contributed by atoms with Crippen LogP contribution in [0.2, 0.25) is 0 Å². The minimum atomic E-state index is -3.21. The number of sulfone groups is 1. The van der Waals surface area contributed by atoms with Crippen LogP contribution in [0, 0.1) is 6.92 Å². The van der Waals surface area contributed by atoms with Gasteiger partial charge in [0.2, 0.25) is 0 Å². The van der Waals surface area contributed by atoms with Crippen molar-refractivity contribution in [1.82, 2.24) is 9.97 Å². The number of aryl methyl sites for hydroxylation is 1. The molecule has 0 fully saturated rings. The van der Waals surface area contributed by atoms with Crippen molar-refractivity contribution in [2.45, 2.75) is 24.8 Å². The summed E-state index contributed by atoms with van der Waals surface area (Å²) in [5.74, 6) is 1.60. The Morgan fingerprint density at radius 1 is 1.00 bits per heavy atom. The SMILES string of the molecule is Cc1nc(N(C)[C@@H](C)c2ccc(S(C)(=O)=O)cc2)c2cc(-c3ccccc3)sc2n1. The molecule has 0 bridgehead atoms. The van der Waals surface area contributed by atoms with Gasteiger partial charge in [0, 0.05) is 18.2 Å². The Morgan fingerprint density at radius 3 is 2.30 bits per heavy atom. The summed E-state index contributed by atoms with van der Waals surface area (Å²) < 4.78 is 23.5. The number of thiophene rings is 1. The molecule has 0 unspecified atom stereocenters. The molecular weight excluding hydrogens is 414 g/mol. The third kappa shape index (κ3) is 3.95. The third-order valence-electron chi connectivity index (χ3n) is 5.25. The summed E-state index contributed by atoms with van der Waals surface area (Å²) in [4.78, 5) is 14.0. The van der Waals surface area contributed by atoms with Crippen LogP contribution in [0.1, 0.15) is 24.4 Å². The summed E-state index contributed by atoms with van der Waals surface area (Å²) in [6.45, 7) is 3.99. The second-order valence-corrected chi connectivity index (χ2v) is 10.5. The number of aromatic nitrogens is 2. The minimum absolute atomic E-state index is 0.0104. The molecule has 0 aliphatic carbocycles. The van der Waals surface area contributed by atoms with E-state index in [2.05, 4.69) is 35.0 Å². The molecule has 0 aliphatic rings. The van der Waals surface area contributed by atoms with Crippen molar-refractivity contribution in [2.75, 3.05) is 18.2 Å². The van der Waals surface area contributed by atoms with Gasteiger partial charge in [-0.15, -0.1) is 11.3 Å². The molecule has 2 aromatic heterocycles. The number of anilines is 1. The molecule has 2 heterocycles. The maximum absolute atomic E-state index is 11.7. The number of benzene rings is 2. The highest BCUT2D eigenvalue weighted by molar-refractivity contribution is 7.90. The summed E-state index contributed by atoms with van der Waals surface area (Å²) in [6, 6.07) is 19.5. The maximum Gasteiger partial charge on any atom is 0.175 e. The molecule has 5 nitrogen and oxygen atoms in total. The van der Waals surface area contributed by atoms with E-state index < -0.39 is 9.84 Å². The van der Waals surface area contributed by atoms with Crippen LogP contribution in [0.25, 0.3) is 20.7 Å². The summed E-state index contributed by atoms with van der Waals surface area (Å²) >= 11 is 1.66. The molecular formula is C23H23N3O2S2. The van der Waals surface area contributed by atoms with Crippen LogP contribution in [0.3, 0.4) is 0 Å². The van der Waals surface area contributed by atoms with Crippen molar-refractivity contribution in [3.05, 3.63) is 72.1 Å². The van der Waals surface area contributed by atoms with Crippen LogP contribution in [0.5, 0.6) is 0 Å². The zero-order valence-electron chi connectivity index (χ0n) is 17.3. The lowest BCUT2D eigenvalue weighted by atomic mass is 10.1. The highest BCUT2D eigenvalue weighted by atomic mass is 32.2. The van der Waals surface area contributed by atoms with Gasteiger partial charge >= 0.3 is 0 Å². The van der Waals surface area contributed by atoms with E-state index in [9.17, 15) is 8.42 Å². The summed E-state index contributed by atoms with van der Waals surface area (Å²) in [5.41, 5.74) is 2.18. The van der Waals surface area contributed by atoms with Gasteiger partial charge in [-0.05, 0) is 43.2 Å². The van der Waals surface area contributed by atoms with E-state index >= 15 is 0 Å². The lowest BCUT2D eigenvalue weighted by Gasteiger charge is -2.27. The van der Waals surface area contributed by atoms with E-state index in [1.54, 1.807) is 23.5 Å². The van der Waals surface area contributed by atoms with Gasteiger partial charge in [0.25, 0.3) is 0 Å². The Labute approximate surface area is 181 Å². The molecule has 0 aliphatic heterocycles. The van der Waals surface area contributed by atoms with Crippen LogP contribution >= 0.6 is 11.3 Å². The number of rotatable bonds is 5. The quantitative estimate of drug-likeness (QED) is 0.426. The van der Waals surface area contributed by atoms with Gasteiger partial charge in [0.1, 0.15) is 16.5 Å². The van der Waals surface area contributed by atoms with Gasteiger partial charge in [-0.3, -0.25) is 0 Å². The third-order valence-corrected chi connectivity index (χ3v) is 7.45. The van der Waals surface area contributed by atoms with E-state index in [0.717, 1.165) is 37.9 Å². The van der Waals surface area contributed by atoms with Gasteiger partial charge in [0.05, 0.1) is 16.3 Å². The number of hydrogen-bond donors (Lipinski definition) is 0. The monoisotopic (exact) mass is 437 g/mol. The number of hydrogen-bond acceptors (Lipinski definition) is 6. The van der Waals surface area contributed by atoms with Crippen molar-refractivity contribution in [2.24, 2.45) is 0 Å². The van der Waals surface area contributed by atoms with Crippen LogP contribution < -0.4 is 4.90 Å². The van der Waals surface area contributed by atoms with E-state index in [0.29, 0.717) is 4.90 Å². The predicted molar refractivity (Wildman–Crippen MR) is 124 cm³/mol. The molecule has 0 radical (unpaired) electrons. The van der Waals surface area contributed by atoms with Gasteiger partial charge in [-0.25, -0.2) is 18.4 Å². The standard InChI is InChI=1S/C23H23N3O2S2/c1-15(17-10-12-19(13-11-17)30(4,27)28)26(3)22-20-14-21(18-8-6-5-7-9-18)29-23(20)25-16(2)24-22/h5-15H,1-4H3/t15-/m0/s1. The Hall–Kier alpha value is -2.77. The zero-order chi connectivity index (χ0) is 21.5. The zero-order valence-corrected chi connectivity index (χ0v) is 19.0. The Balaban J connectivity index is 1.73. The first-order chi connectivity index (χ1) is 14.2. The molecule has 0 amide bonds. The van der Waals surface area contributed by atoms with Crippen LogP contribution in [0.4, 0.5) is 5.82 Å². The first kappa shape index (κ1) is 20.5. The fourth-order valence-electron chi connectivity index (χ4n) is 3.42. The second kappa shape index (κ2) is 7.81. The first-order valence-electron chi connectivity index (χ1n) is 9.60. The van der Waals surface area contributed by atoms with E-state index in [4.69, 9.17) is 4.98 Å². The van der Waals surface area contributed by atoms with Crippen LogP contribution in [0.15, 0.2) is 65.6 Å². The molecule has 154 valence electrons.